The first-order valence-corrected chi connectivity index (χ1v) is 7.94. The molecule has 122 valence electrons. The van der Waals surface area contributed by atoms with E-state index >= 15 is 0 Å². The first-order chi connectivity index (χ1) is 11.0. The summed E-state index contributed by atoms with van der Waals surface area (Å²) in [5, 5.41) is 16.0. The van der Waals surface area contributed by atoms with Gasteiger partial charge >= 0.3 is 29.6 Å². The van der Waals surface area contributed by atoms with Gasteiger partial charge in [0.2, 0.25) is 5.91 Å². The van der Waals surface area contributed by atoms with E-state index in [4.69, 9.17) is 0 Å². The average Bonchev–Trinajstić information content (AvgIpc) is 2.52. The fourth-order valence-electron chi connectivity index (χ4n) is 2.57. The zero-order valence-corrected chi connectivity index (χ0v) is 16.5. The summed E-state index contributed by atoms with van der Waals surface area (Å²) in [7, 11) is 0. The minimum absolute atomic E-state index is 0. The molecule has 24 heavy (non-hydrogen) atoms. The van der Waals surface area contributed by atoms with E-state index in [0.717, 1.165) is 22.8 Å². The van der Waals surface area contributed by atoms with Gasteiger partial charge in [0, 0.05) is 6.42 Å². The average molecular weight is 335 g/mol. The summed E-state index contributed by atoms with van der Waals surface area (Å²) < 4.78 is 0. The van der Waals surface area contributed by atoms with Crippen LogP contribution in [0.2, 0.25) is 0 Å². The maximum absolute atomic E-state index is 11.9. The summed E-state index contributed by atoms with van der Waals surface area (Å²) in [4.78, 5) is 23.3. The van der Waals surface area contributed by atoms with Gasteiger partial charge in [0.1, 0.15) is 0 Å². The van der Waals surface area contributed by atoms with Crippen molar-refractivity contribution < 1.29 is 44.3 Å². The standard InChI is InChI=1S/C19H23NO3.Na/c1-13(2)10-11-18(21)20-17(19(22)23)12-15-8-5-7-14-6-3-4-9-16(14)15;/h3-9,13,17H,10-12H2,1-2H3,(H,20,21)(H,22,23);/q;+1/p-1. The largest absolute Gasteiger partial charge is 1.00 e. The molecule has 0 heterocycles. The first-order valence-electron chi connectivity index (χ1n) is 7.94. The molecule has 0 bridgehead atoms. The third kappa shape index (κ3) is 5.93. The maximum atomic E-state index is 11.9. The Bertz CT molecular complexity index is 695. The molecular weight excluding hydrogens is 313 g/mol. The second kappa shape index (κ2) is 9.82. The van der Waals surface area contributed by atoms with Gasteiger partial charge in [0.25, 0.3) is 0 Å². The number of rotatable bonds is 7. The fourth-order valence-corrected chi connectivity index (χ4v) is 2.57. The molecule has 0 aromatic heterocycles. The molecule has 1 amide bonds. The van der Waals surface area contributed by atoms with E-state index in [1.807, 2.05) is 56.3 Å². The number of carbonyl (C=O) groups excluding carboxylic acids is 2. The van der Waals surface area contributed by atoms with E-state index < -0.39 is 12.0 Å². The normalized spacial score (nSPS) is 11.8. The van der Waals surface area contributed by atoms with Crippen LogP contribution in [0.15, 0.2) is 42.5 Å². The number of fused-ring (bicyclic) bond motifs is 1. The Hall–Kier alpha value is -1.36. The molecule has 0 aliphatic heterocycles. The van der Waals surface area contributed by atoms with Gasteiger partial charge in [-0.25, -0.2) is 0 Å². The third-order valence-corrected chi connectivity index (χ3v) is 3.87. The van der Waals surface area contributed by atoms with Crippen LogP contribution < -0.4 is 40.0 Å². The molecule has 2 rings (SSSR count). The second-order valence-electron chi connectivity index (χ2n) is 6.21. The molecule has 0 aliphatic rings. The van der Waals surface area contributed by atoms with Crippen molar-refractivity contribution in [3.63, 3.8) is 0 Å². The maximum Gasteiger partial charge on any atom is 1.00 e. The van der Waals surface area contributed by atoms with Crippen LogP contribution >= 0.6 is 0 Å². The molecule has 2 aromatic rings. The van der Waals surface area contributed by atoms with Crippen LogP contribution in [0, 0.1) is 5.92 Å². The number of carboxylic acid groups (broad SMARTS) is 1. The van der Waals surface area contributed by atoms with Crippen LogP contribution in [0.4, 0.5) is 0 Å². The van der Waals surface area contributed by atoms with Crippen molar-refractivity contribution in [1.29, 1.82) is 0 Å². The predicted octanol–water partition coefficient (Wildman–Crippen LogP) is -0.943. The molecule has 2 aromatic carbocycles. The third-order valence-electron chi connectivity index (χ3n) is 3.87. The zero-order valence-electron chi connectivity index (χ0n) is 14.5. The number of carboxylic acids is 1. The molecule has 0 fully saturated rings. The Morgan fingerprint density at radius 1 is 1.08 bits per heavy atom. The molecular formula is C19H22NNaO3. The van der Waals surface area contributed by atoms with Crippen LogP contribution in [0.3, 0.4) is 0 Å². The Labute approximate surface area is 164 Å². The van der Waals surface area contributed by atoms with Crippen molar-refractivity contribution in [3.05, 3.63) is 48.0 Å². The van der Waals surface area contributed by atoms with Gasteiger partial charge in [-0.3, -0.25) is 4.79 Å². The molecule has 0 saturated heterocycles. The smallest absolute Gasteiger partial charge is 0.548 e. The molecule has 0 saturated carbocycles. The van der Waals surface area contributed by atoms with Crippen molar-refractivity contribution in [1.82, 2.24) is 5.32 Å². The summed E-state index contributed by atoms with van der Waals surface area (Å²) in [6.45, 7) is 4.05. The van der Waals surface area contributed by atoms with Crippen LogP contribution in [0.5, 0.6) is 0 Å². The molecule has 4 nitrogen and oxygen atoms in total. The van der Waals surface area contributed by atoms with Crippen molar-refractivity contribution in [2.24, 2.45) is 5.92 Å². The molecule has 0 spiro atoms. The first kappa shape index (κ1) is 20.7. The topological polar surface area (TPSA) is 69.2 Å². The molecule has 0 aliphatic carbocycles. The molecule has 1 atom stereocenters. The van der Waals surface area contributed by atoms with Gasteiger partial charge in [-0.2, -0.15) is 0 Å². The number of hydrogen-bond donors (Lipinski definition) is 1. The van der Waals surface area contributed by atoms with E-state index in [2.05, 4.69) is 5.32 Å². The number of benzene rings is 2. The molecule has 1 unspecified atom stereocenters. The van der Waals surface area contributed by atoms with Gasteiger partial charge in [-0.15, -0.1) is 0 Å². The number of nitrogens with one attached hydrogen (secondary N) is 1. The Balaban J connectivity index is 0.00000288. The predicted molar refractivity (Wildman–Crippen MR) is 88.7 cm³/mol. The van der Waals surface area contributed by atoms with Gasteiger partial charge in [-0.05, 0) is 35.1 Å². The van der Waals surface area contributed by atoms with E-state index in [1.54, 1.807) is 0 Å². The van der Waals surface area contributed by atoms with Crippen LogP contribution in [0.25, 0.3) is 10.8 Å². The minimum Gasteiger partial charge on any atom is -0.548 e. The molecule has 0 radical (unpaired) electrons. The van der Waals surface area contributed by atoms with Gasteiger partial charge in [-0.1, -0.05) is 56.3 Å². The molecule has 5 heteroatoms. The minimum atomic E-state index is -1.25. The SMILES string of the molecule is CC(C)CCC(=O)NC(Cc1cccc2ccccc12)C(=O)[O-].[Na+]. The summed E-state index contributed by atoms with van der Waals surface area (Å²) in [5.74, 6) is -1.09. The van der Waals surface area contributed by atoms with E-state index in [0.29, 0.717) is 12.3 Å². The van der Waals surface area contributed by atoms with Gasteiger partial charge in [0.05, 0.1) is 12.0 Å². The number of aliphatic carboxylic acids is 1. The number of hydrogen-bond acceptors (Lipinski definition) is 3. The van der Waals surface area contributed by atoms with E-state index in [9.17, 15) is 14.7 Å². The monoisotopic (exact) mass is 335 g/mol. The Kier molecular flexibility index (Phi) is 8.46. The van der Waals surface area contributed by atoms with Crippen molar-refractivity contribution in [3.8, 4) is 0 Å². The van der Waals surface area contributed by atoms with E-state index in [-0.39, 0.29) is 41.9 Å². The van der Waals surface area contributed by atoms with Crippen molar-refractivity contribution in [2.75, 3.05) is 0 Å². The number of amides is 1. The summed E-state index contributed by atoms with van der Waals surface area (Å²) in [6, 6.07) is 12.5. The molecule has 1 N–H and O–H groups in total. The van der Waals surface area contributed by atoms with Gasteiger partial charge in [0.15, 0.2) is 0 Å². The Morgan fingerprint density at radius 2 is 1.75 bits per heavy atom. The summed E-state index contributed by atoms with van der Waals surface area (Å²) in [6.07, 6.45) is 1.29. The quantitative estimate of drug-likeness (QED) is 0.664. The van der Waals surface area contributed by atoms with Crippen LogP contribution in [-0.2, 0) is 16.0 Å². The Morgan fingerprint density at radius 3 is 2.42 bits per heavy atom. The zero-order chi connectivity index (χ0) is 16.8. The summed E-state index contributed by atoms with van der Waals surface area (Å²) >= 11 is 0. The second-order valence-corrected chi connectivity index (χ2v) is 6.21. The van der Waals surface area contributed by atoms with Crippen LogP contribution in [0.1, 0.15) is 32.3 Å². The summed E-state index contributed by atoms with van der Waals surface area (Å²) in [5.41, 5.74) is 0.890. The number of carbonyl (C=O) groups is 2. The fraction of sp³-hybridized carbons (Fsp3) is 0.368. The van der Waals surface area contributed by atoms with E-state index in [1.165, 1.54) is 0 Å². The van der Waals surface area contributed by atoms with Gasteiger partial charge < -0.3 is 15.2 Å². The van der Waals surface area contributed by atoms with Crippen molar-refractivity contribution >= 4 is 22.6 Å². The van der Waals surface area contributed by atoms with Crippen molar-refractivity contribution in [2.45, 2.75) is 39.2 Å². The van der Waals surface area contributed by atoms with Crippen LogP contribution in [-0.4, -0.2) is 17.9 Å².